The maximum absolute atomic E-state index is 13.4. The Morgan fingerprint density at radius 3 is 2.78 bits per heavy atom. The number of hydrogen-bond acceptors (Lipinski definition) is 6. The van der Waals surface area contributed by atoms with Gasteiger partial charge in [-0.15, -0.1) is 0 Å². The monoisotopic (exact) mass is 431 g/mol. The Hall–Kier alpha value is -3.03. The molecule has 2 aliphatic heterocycles. The number of carbonyl (C=O) groups is 1. The summed E-state index contributed by atoms with van der Waals surface area (Å²) in [6.07, 6.45) is 1.89. The first-order valence-corrected chi connectivity index (χ1v) is 11.1. The molecule has 1 aromatic carbocycles. The van der Waals surface area contributed by atoms with Crippen LogP contribution in [0.3, 0.4) is 0 Å². The number of carbonyl (C=O) groups excluding carboxylic acids is 1. The maximum Gasteiger partial charge on any atom is 0.343 e. The summed E-state index contributed by atoms with van der Waals surface area (Å²) in [5.41, 5.74) is 13.3. The van der Waals surface area contributed by atoms with Gasteiger partial charge in [0.05, 0.1) is 29.0 Å². The van der Waals surface area contributed by atoms with E-state index in [-0.39, 0.29) is 24.6 Å². The van der Waals surface area contributed by atoms with Crippen LogP contribution in [0.4, 0.5) is 0 Å². The highest BCUT2D eigenvalue weighted by Crippen LogP contribution is 2.45. The van der Waals surface area contributed by atoms with E-state index >= 15 is 0 Å². The molecule has 164 valence electrons. The number of nitrogens with two attached hydrogens (primary N) is 1. The zero-order valence-electron chi connectivity index (χ0n) is 18.4. The van der Waals surface area contributed by atoms with E-state index in [1.165, 1.54) is 16.7 Å². The minimum atomic E-state index is -1.83. The number of esters is 1. The lowest BCUT2D eigenvalue weighted by molar-refractivity contribution is -0.172. The summed E-state index contributed by atoms with van der Waals surface area (Å²) in [6, 6.07) is 3.73. The van der Waals surface area contributed by atoms with Crippen molar-refractivity contribution < 1.29 is 14.6 Å². The fourth-order valence-electron chi connectivity index (χ4n) is 5.77. The van der Waals surface area contributed by atoms with E-state index in [0.29, 0.717) is 23.4 Å². The second-order valence-electron chi connectivity index (χ2n) is 9.29. The van der Waals surface area contributed by atoms with Gasteiger partial charge in [-0.25, -0.2) is 9.78 Å². The Bertz CT molecular complexity index is 1440. The molecule has 0 spiro atoms. The van der Waals surface area contributed by atoms with Crippen LogP contribution in [0.15, 0.2) is 16.9 Å². The Morgan fingerprint density at radius 2 is 2.03 bits per heavy atom. The van der Waals surface area contributed by atoms with Crippen molar-refractivity contribution in [1.29, 1.82) is 0 Å². The van der Waals surface area contributed by atoms with Gasteiger partial charge in [0.25, 0.3) is 5.56 Å². The molecule has 2 unspecified atom stereocenters. The molecular weight excluding hydrogens is 406 g/mol. The molecule has 2 aromatic heterocycles. The molecule has 3 N–H and O–H groups in total. The van der Waals surface area contributed by atoms with Crippen LogP contribution in [0.1, 0.15) is 64.8 Å². The Morgan fingerprint density at radius 1 is 1.25 bits per heavy atom. The zero-order chi connectivity index (χ0) is 22.5. The molecule has 3 aliphatic rings. The lowest BCUT2D eigenvalue weighted by atomic mass is 9.81. The largest absolute Gasteiger partial charge is 0.458 e. The van der Waals surface area contributed by atoms with Crippen molar-refractivity contribution in [1.82, 2.24) is 9.55 Å². The third-order valence-corrected chi connectivity index (χ3v) is 7.75. The SMILES string of the molecule is CCC1(O)C(=O)OCc2c1cc1n(c2=O)Cc2c-1nc1cc(C)c(C)c3c1c2C(N)CC3. The standard InChI is InChI=1S/C25H25N3O4/c1-4-25(31)16-8-19-22-14(9-28(19)23(29)15(16)10-32-24(25)30)20-17(26)6-5-13-12(3)11(2)7-18(27-22)21(13)20/h7-8,17,31H,4-6,9-10,26H2,1-3H3. The summed E-state index contributed by atoms with van der Waals surface area (Å²) in [5.74, 6) is -0.714. The van der Waals surface area contributed by atoms with Crippen molar-refractivity contribution in [3.8, 4) is 11.4 Å². The number of aromatic nitrogens is 2. The number of fused-ring (bicyclic) bond motifs is 5. The first-order chi connectivity index (χ1) is 15.3. The van der Waals surface area contributed by atoms with E-state index < -0.39 is 11.6 Å². The minimum absolute atomic E-state index is 0.123. The lowest BCUT2D eigenvalue weighted by Gasteiger charge is -2.31. The summed E-state index contributed by atoms with van der Waals surface area (Å²) in [5, 5.41) is 12.2. The van der Waals surface area contributed by atoms with E-state index in [9.17, 15) is 14.7 Å². The number of ether oxygens (including phenoxy) is 1. The molecule has 0 amide bonds. The predicted octanol–water partition coefficient (Wildman–Crippen LogP) is 2.64. The number of benzene rings is 1. The van der Waals surface area contributed by atoms with Crippen LogP contribution in [-0.2, 0) is 34.7 Å². The van der Waals surface area contributed by atoms with Gasteiger partial charge in [-0.3, -0.25) is 4.79 Å². The third kappa shape index (κ3) is 2.25. The summed E-state index contributed by atoms with van der Waals surface area (Å²) >= 11 is 0. The number of rotatable bonds is 1. The van der Waals surface area contributed by atoms with Crippen molar-refractivity contribution in [3.63, 3.8) is 0 Å². The van der Waals surface area contributed by atoms with Crippen LogP contribution in [0, 0.1) is 13.8 Å². The summed E-state index contributed by atoms with van der Waals surface area (Å²) < 4.78 is 6.85. The molecule has 7 nitrogen and oxygen atoms in total. The van der Waals surface area contributed by atoms with E-state index in [4.69, 9.17) is 15.5 Å². The molecule has 4 heterocycles. The number of aryl methyl sites for hydroxylation is 2. The molecule has 0 fully saturated rings. The van der Waals surface area contributed by atoms with Gasteiger partial charge >= 0.3 is 5.97 Å². The Kier molecular flexibility index (Phi) is 3.85. The summed E-state index contributed by atoms with van der Waals surface area (Å²) in [7, 11) is 0. The molecule has 6 rings (SSSR count). The second kappa shape index (κ2) is 6.27. The molecule has 0 radical (unpaired) electrons. The van der Waals surface area contributed by atoms with Gasteiger partial charge in [0, 0.05) is 22.6 Å². The molecular formula is C25H25N3O4. The van der Waals surface area contributed by atoms with E-state index in [1.54, 1.807) is 17.6 Å². The molecule has 0 saturated heterocycles. The van der Waals surface area contributed by atoms with Gasteiger partial charge in [-0.2, -0.15) is 0 Å². The quantitative estimate of drug-likeness (QED) is 0.449. The molecule has 32 heavy (non-hydrogen) atoms. The minimum Gasteiger partial charge on any atom is -0.458 e. The highest BCUT2D eigenvalue weighted by molar-refractivity contribution is 5.93. The van der Waals surface area contributed by atoms with E-state index in [0.717, 1.165) is 40.6 Å². The topological polar surface area (TPSA) is 107 Å². The van der Waals surface area contributed by atoms with Crippen LogP contribution in [0.5, 0.6) is 0 Å². The maximum atomic E-state index is 13.4. The van der Waals surface area contributed by atoms with E-state index in [1.807, 2.05) is 0 Å². The van der Waals surface area contributed by atoms with Gasteiger partial charge in [-0.05, 0) is 67.5 Å². The highest BCUT2D eigenvalue weighted by Gasteiger charge is 2.45. The fourth-order valence-corrected chi connectivity index (χ4v) is 5.77. The van der Waals surface area contributed by atoms with Crippen LogP contribution in [0.2, 0.25) is 0 Å². The first-order valence-electron chi connectivity index (χ1n) is 11.1. The van der Waals surface area contributed by atoms with Gasteiger partial charge < -0.3 is 20.1 Å². The lowest BCUT2D eigenvalue weighted by Crippen LogP contribution is -2.44. The number of cyclic esters (lactones) is 1. The smallest absolute Gasteiger partial charge is 0.343 e. The molecule has 3 aromatic rings. The summed E-state index contributed by atoms with van der Waals surface area (Å²) in [6.45, 7) is 6.20. The number of hydrogen-bond donors (Lipinski definition) is 2. The molecule has 0 bridgehead atoms. The van der Waals surface area contributed by atoms with Crippen LogP contribution in [0.25, 0.3) is 22.3 Å². The van der Waals surface area contributed by atoms with Gasteiger partial charge in [0.15, 0.2) is 5.60 Å². The fraction of sp³-hybridized carbons (Fsp3) is 0.400. The van der Waals surface area contributed by atoms with Crippen molar-refractivity contribution in [2.45, 2.75) is 64.8 Å². The van der Waals surface area contributed by atoms with Crippen molar-refractivity contribution in [2.75, 3.05) is 0 Å². The zero-order valence-corrected chi connectivity index (χ0v) is 18.4. The van der Waals surface area contributed by atoms with Crippen LogP contribution in [-0.4, -0.2) is 20.6 Å². The van der Waals surface area contributed by atoms with Gasteiger partial charge in [-0.1, -0.05) is 6.92 Å². The number of pyridine rings is 2. The van der Waals surface area contributed by atoms with Crippen LogP contribution >= 0.6 is 0 Å². The van der Waals surface area contributed by atoms with Gasteiger partial charge in [0.2, 0.25) is 0 Å². The second-order valence-corrected chi connectivity index (χ2v) is 9.29. The number of nitrogens with zero attached hydrogens (tertiary/aromatic N) is 2. The molecule has 2 atom stereocenters. The third-order valence-electron chi connectivity index (χ3n) is 7.75. The predicted molar refractivity (Wildman–Crippen MR) is 119 cm³/mol. The van der Waals surface area contributed by atoms with Crippen LogP contribution < -0.4 is 11.3 Å². The van der Waals surface area contributed by atoms with Crippen molar-refractivity contribution >= 4 is 16.9 Å². The summed E-state index contributed by atoms with van der Waals surface area (Å²) in [4.78, 5) is 30.8. The van der Waals surface area contributed by atoms with Gasteiger partial charge in [0.1, 0.15) is 6.61 Å². The Balaban J connectivity index is 1.70. The molecule has 0 saturated carbocycles. The average Bonchev–Trinajstić information content (AvgIpc) is 3.14. The normalized spacial score (nSPS) is 23.0. The van der Waals surface area contributed by atoms with Crippen molar-refractivity contribution in [2.24, 2.45) is 5.73 Å². The average molecular weight is 431 g/mol. The Labute approximate surface area is 184 Å². The first kappa shape index (κ1) is 19.6. The molecule has 7 heteroatoms. The molecule has 1 aliphatic carbocycles. The highest BCUT2D eigenvalue weighted by atomic mass is 16.6. The number of aliphatic hydroxyl groups is 1. The van der Waals surface area contributed by atoms with Crippen molar-refractivity contribution in [3.05, 3.63) is 61.4 Å². The van der Waals surface area contributed by atoms with E-state index in [2.05, 4.69) is 19.9 Å².